The van der Waals surface area contributed by atoms with E-state index in [0.717, 1.165) is 12.1 Å². The van der Waals surface area contributed by atoms with Gasteiger partial charge in [-0.2, -0.15) is 13.2 Å². The Morgan fingerprint density at radius 2 is 1.88 bits per heavy atom. The summed E-state index contributed by atoms with van der Waals surface area (Å²) >= 11 is 0. The molecule has 0 saturated carbocycles. The first-order valence-electron chi connectivity index (χ1n) is 8.19. The number of halogens is 3. The highest BCUT2D eigenvalue weighted by Crippen LogP contribution is 2.30. The van der Waals surface area contributed by atoms with Gasteiger partial charge >= 0.3 is 6.18 Å². The third-order valence-electron chi connectivity index (χ3n) is 3.75. The van der Waals surface area contributed by atoms with Gasteiger partial charge < -0.3 is 15.8 Å². The van der Waals surface area contributed by atoms with E-state index in [9.17, 15) is 18.0 Å². The molecule has 4 nitrogen and oxygen atoms in total. The Labute approximate surface area is 150 Å². The fourth-order valence-electron chi connectivity index (χ4n) is 2.40. The number of anilines is 1. The van der Waals surface area contributed by atoms with E-state index in [1.807, 2.05) is 0 Å². The van der Waals surface area contributed by atoms with Crippen molar-refractivity contribution in [2.75, 3.05) is 18.5 Å². The first kappa shape index (κ1) is 19.8. The van der Waals surface area contributed by atoms with Crippen molar-refractivity contribution in [3.8, 4) is 5.75 Å². The molecule has 0 aliphatic heterocycles. The van der Waals surface area contributed by atoms with Gasteiger partial charge in [-0.25, -0.2) is 0 Å². The van der Waals surface area contributed by atoms with Gasteiger partial charge in [0.05, 0.1) is 5.56 Å². The molecule has 0 aliphatic rings. The zero-order chi connectivity index (χ0) is 19.2. The molecule has 140 valence electrons. The van der Waals surface area contributed by atoms with Crippen LogP contribution in [0.5, 0.6) is 5.75 Å². The van der Waals surface area contributed by atoms with Gasteiger partial charge in [0.25, 0.3) is 0 Å². The molecule has 2 aromatic rings. The number of hydrogen-bond donors (Lipinski definition) is 2. The summed E-state index contributed by atoms with van der Waals surface area (Å²) in [4.78, 5) is 12.3. The number of benzene rings is 2. The highest BCUT2D eigenvalue weighted by molar-refractivity contribution is 5.92. The van der Waals surface area contributed by atoms with Crippen molar-refractivity contribution in [2.24, 2.45) is 11.7 Å². The molecular formula is C19H21F3N2O2. The molecule has 1 unspecified atom stereocenters. The minimum atomic E-state index is -4.39. The summed E-state index contributed by atoms with van der Waals surface area (Å²) in [6.45, 7) is 2.49. The second-order valence-corrected chi connectivity index (χ2v) is 5.95. The molecule has 0 saturated heterocycles. The normalized spacial score (nSPS) is 12.5. The van der Waals surface area contributed by atoms with Crippen LogP contribution in [0.4, 0.5) is 18.9 Å². The molecule has 0 radical (unpaired) electrons. The lowest BCUT2D eigenvalue weighted by atomic mass is 9.98. The van der Waals surface area contributed by atoms with E-state index in [0.29, 0.717) is 30.2 Å². The van der Waals surface area contributed by atoms with Crippen LogP contribution in [0.3, 0.4) is 0 Å². The van der Waals surface area contributed by atoms with E-state index >= 15 is 0 Å². The van der Waals surface area contributed by atoms with E-state index in [4.69, 9.17) is 10.5 Å². The summed E-state index contributed by atoms with van der Waals surface area (Å²) in [5.74, 6) is -0.102. The van der Waals surface area contributed by atoms with Gasteiger partial charge in [0, 0.05) is 18.2 Å². The van der Waals surface area contributed by atoms with Crippen LogP contribution < -0.4 is 15.8 Å². The Balaban J connectivity index is 1.95. The van der Waals surface area contributed by atoms with Crippen molar-refractivity contribution in [1.82, 2.24) is 0 Å². The molecule has 0 aliphatic carbocycles. The molecule has 7 heteroatoms. The number of ether oxygens (including phenoxy) is 1. The van der Waals surface area contributed by atoms with Gasteiger partial charge in [0.1, 0.15) is 12.4 Å². The number of nitrogens with two attached hydrogens (primary N) is 1. The lowest BCUT2D eigenvalue weighted by molar-refractivity contribution is -0.137. The van der Waals surface area contributed by atoms with Gasteiger partial charge in [0.2, 0.25) is 5.91 Å². The Kier molecular flexibility index (Phi) is 6.63. The first-order valence-corrected chi connectivity index (χ1v) is 8.19. The zero-order valence-corrected chi connectivity index (χ0v) is 14.3. The van der Waals surface area contributed by atoms with E-state index in [-0.39, 0.29) is 12.3 Å². The summed E-state index contributed by atoms with van der Waals surface area (Å²) in [6.07, 6.45) is -4.18. The van der Waals surface area contributed by atoms with Crippen LogP contribution in [0.1, 0.15) is 18.1 Å². The Morgan fingerprint density at radius 3 is 2.50 bits per heavy atom. The van der Waals surface area contributed by atoms with Crippen LogP contribution in [0.25, 0.3) is 0 Å². The van der Waals surface area contributed by atoms with Crippen LogP contribution in [0.15, 0.2) is 48.5 Å². The van der Waals surface area contributed by atoms with Crippen LogP contribution in [-0.2, 0) is 17.4 Å². The molecule has 26 heavy (non-hydrogen) atoms. The highest BCUT2D eigenvalue weighted by Gasteiger charge is 2.30. The predicted molar refractivity (Wildman–Crippen MR) is 93.9 cm³/mol. The standard InChI is InChI=1S/C19H21F3N2O2/c1-13(11-14-3-2-4-15(12-14)19(20,21)22)18(25)24-16-5-7-17(8-6-16)26-10-9-23/h2-8,12-13H,9-11,23H2,1H3,(H,24,25). The number of carbonyl (C=O) groups is 1. The second-order valence-electron chi connectivity index (χ2n) is 5.95. The summed E-state index contributed by atoms with van der Waals surface area (Å²) in [5, 5.41) is 2.75. The number of amides is 1. The average molecular weight is 366 g/mol. The maximum Gasteiger partial charge on any atom is 0.416 e. The van der Waals surface area contributed by atoms with Crippen molar-refractivity contribution in [2.45, 2.75) is 19.5 Å². The largest absolute Gasteiger partial charge is 0.492 e. The van der Waals surface area contributed by atoms with E-state index in [2.05, 4.69) is 5.32 Å². The molecule has 3 N–H and O–H groups in total. The molecule has 0 fully saturated rings. The second kappa shape index (κ2) is 8.71. The highest BCUT2D eigenvalue weighted by atomic mass is 19.4. The van der Waals surface area contributed by atoms with Crippen LogP contribution in [0.2, 0.25) is 0 Å². The van der Waals surface area contributed by atoms with Gasteiger partial charge in [-0.3, -0.25) is 4.79 Å². The number of rotatable bonds is 7. The Bertz CT molecular complexity index is 730. The monoisotopic (exact) mass is 366 g/mol. The lowest BCUT2D eigenvalue weighted by Gasteiger charge is -2.14. The molecule has 0 bridgehead atoms. The SMILES string of the molecule is CC(Cc1cccc(C(F)(F)F)c1)C(=O)Nc1ccc(OCCN)cc1. The first-order chi connectivity index (χ1) is 12.3. The molecule has 2 rings (SSSR count). The summed E-state index contributed by atoms with van der Waals surface area (Å²) < 4.78 is 43.6. The van der Waals surface area contributed by atoms with Gasteiger partial charge in [-0.15, -0.1) is 0 Å². The average Bonchev–Trinajstić information content (AvgIpc) is 2.60. The van der Waals surface area contributed by atoms with Gasteiger partial charge in [-0.1, -0.05) is 25.1 Å². The number of carbonyl (C=O) groups excluding carboxylic acids is 1. The summed E-state index contributed by atoms with van der Waals surface area (Å²) in [7, 11) is 0. The van der Waals surface area contributed by atoms with Gasteiger partial charge in [-0.05, 0) is 42.3 Å². The van der Waals surface area contributed by atoms with Crippen molar-refractivity contribution >= 4 is 11.6 Å². The Morgan fingerprint density at radius 1 is 1.19 bits per heavy atom. The molecule has 0 heterocycles. The minimum Gasteiger partial charge on any atom is -0.492 e. The molecule has 1 atom stereocenters. The Hall–Kier alpha value is -2.54. The van der Waals surface area contributed by atoms with Crippen molar-refractivity contribution in [3.05, 3.63) is 59.7 Å². The number of nitrogens with one attached hydrogen (secondary N) is 1. The van der Waals surface area contributed by atoms with Crippen molar-refractivity contribution in [3.63, 3.8) is 0 Å². The zero-order valence-electron chi connectivity index (χ0n) is 14.3. The maximum absolute atomic E-state index is 12.8. The maximum atomic E-state index is 12.8. The fraction of sp³-hybridized carbons (Fsp3) is 0.316. The molecular weight excluding hydrogens is 345 g/mol. The predicted octanol–water partition coefficient (Wildman–Crippen LogP) is 3.86. The third kappa shape index (κ3) is 5.77. The number of alkyl halides is 3. The molecule has 0 aromatic heterocycles. The quantitative estimate of drug-likeness (QED) is 0.782. The third-order valence-corrected chi connectivity index (χ3v) is 3.75. The number of hydrogen-bond acceptors (Lipinski definition) is 3. The van der Waals surface area contributed by atoms with Crippen molar-refractivity contribution in [1.29, 1.82) is 0 Å². The van der Waals surface area contributed by atoms with Crippen LogP contribution in [0, 0.1) is 5.92 Å². The molecule has 1 amide bonds. The van der Waals surface area contributed by atoms with Crippen molar-refractivity contribution < 1.29 is 22.7 Å². The summed E-state index contributed by atoms with van der Waals surface area (Å²) in [6, 6.07) is 11.8. The molecule has 0 spiro atoms. The van der Waals surface area contributed by atoms with Crippen LogP contribution >= 0.6 is 0 Å². The van der Waals surface area contributed by atoms with E-state index < -0.39 is 17.7 Å². The van der Waals surface area contributed by atoms with Crippen LogP contribution in [-0.4, -0.2) is 19.1 Å². The fourth-order valence-corrected chi connectivity index (χ4v) is 2.40. The molecule has 2 aromatic carbocycles. The van der Waals surface area contributed by atoms with Gasteiger partial charge in [0.15, 0.2) is 0 Å². The lowest BCUT2D eigenvalue weighted by Crippen LogP contribution is -2.22. The van der Waals surface area contributed by atoms with E-state index in [1.54, 1.807) is 37.3 Å². The minimum absolute atomic E-state index is 0.216. The summed E-state index contributed by atoms with van der Waals surface area (Å²) in [5.41, 5.74) is 5.70. The smallest absolute Gasteiger partial charge is 0.416 e. The topological polar surface area (TPSA) is 64.3 Å². The van der Waals surface area contributed by atoms with E-state index in [1.165, 1.54) is 6.07 Å².